The Balaban J connectivity index is 0. The van der Waals surface area contributed by atoms with Crippen LogP contribution in [-0.2, 0) is 14.9 Å². The molecule has 7 heteroatoms. The van der Waals surface area contributed by atoms with Crippen LogP contribution in [0.1, 0.15) is 33.1 Å². The number of hydrogen-bond acceptors (Lipinski definition) is 4. The second-order valence-electron chi connectivity index (χ2n) is 5.34. The molecule has 0 aromatic carbocycles. The molecule has 0 aliphatic heterocycles. The Bertz CT molecular complexity index is 380. The fourth-order valence-corrected chi connectivity index (χ4v) is 2.16. The monoisotopic (exact) mass is 322 g/mol. The van der Waals surface area contributed by atoms with Crippen molar-refractivity contribution in [2.45, 2.75) is 33.1 Å². The summed E-state index contributed by atoms with van der Waals surface area (Å²) >= 11 is 0. The van der Waals surface area contributed by atoms with Gasteiger partial charge in [0.25, 0.3) is 0 Å². The van der Waals surface area contributed by atoms with Crippen molar-refractivity contribution in [1.29, 1.82) is 0 Å². The summed E-state index contributed by atoms with van der Waals surface area (Å²) in [5.74, 6) is -0.0693. The molecule has 0 atom stereocenters. The third-order valence-electron chi connectivity index (χ3n) is 2.89. The molecule has 126 valence electrons. The summed E-state index contributed by atoms with van der Waals surface area (Å²) in [7, 11) is -1.61. The van der Waals surface area contributed by atoms with Crippen molar-refractivity contribution in [2.24, 2.45) is 0 Å². The van der Waals surface area contributed by atoms with Crippen LogP contribution in [-0.4, -0.2) is 62.8 Å². The molecule has 0 radical (unpaired) electrons. The summed E-state index contributed by atoms with van der Waals surface area (Å²) in [6.07, 6.45) is 5.40. The molecule has 0 aromatic rings. The van der Waals surface area contributed by atoms with Crippen LogP contribution in [0.5, 0.6) is 0 Å². The molecule has 0 unspecified atom stereocenters. The zero-order valence-corrected chi connectivity index (χ0v) is 14.5. The van der Waals surface area contributed by atoms with Crippen LogP contribution in [0.4, 0.5) is 0 Å². The fourth-order valence-electron chi connectivity index (χ4n) is 2.16. The van der Waals surface area contributed by atoms with Crippen molar-refractivity contribution in [2.75, 3.05) is 39.5 Å². The van der Waals surface area contributed by atoms with Crippen molar-refractivity contribution in [3.8, 4) is 0 Å². The Kier molecular flexibility index (Phi) is 12.5. The minimum Gasteiger partial charge on any atom is -0.748 e. The Labute approximate surface area is 129 Å². The van der Waals surface area contributed by atoms with Crippen LogP contribution in [0.2, 0.25) is 0 Å². The lowest BCUT2D eigenvalue weighted by Crippen LogP contribution is -2.46. The van der Waals surface area contributed by atoms with E-state index in [2.05, 4.69) is 32.8 Å². The van der Waals surface area contributed by atoms with Gasteiger partial charge in [-0.25, -0.2) is 8.42 Å². The highest BCUT2D eigenvalue weighted by Gasteiger charge is 2.18. The Morgan fingerprint density at radius 2 is 1.67 bits per heavy atom. The molecule has 0 heterocycles. The number of hydrogen-bond donors (Lipinski definition) is 1. The summed E-state index contributed by atoms with van der Waals surface area (Å²) < 4.78 is 28.4. The topological polar surface area (TPSA) is 86.3 Å². The average molecular weight is 322 g/mol. The summed E-state index contributed by atoms with van der Waals surface area (Å²) in [6.45, 7) is 12.2. The number of rotatable bonds is 9. The van der Waals surface area contributed by atoms with E-state index >= 15 is 0 Å². The summed E-state index contributed by atoms with van der Waals surface area (Å²) in [5, 5.41) is 2.82. The normalized spacial score (nSPS) is 11.3. The van der Waals surface area contributed by atoms with E-state index in [4.69, 9.17) is 13.0 Å². The van der Waals surface area contributed by atoms with Gasteiger partial charge in [0.2, 0.25) is 5.91 Å². The predicted molar refractivity (Wildman–Crippen MR) is 84.8 cm³/mol. The van der Waals surface area contributed by atoms with E-state index in [1.54, 1.807) is 0 Å². The van der Waals surface area contributed by atoms with E-state index < -0.39 is 10.1 Å². The number of quaternary nitrogens is 1. The molecule has 6 nitrogen and oxygen atoms in total. The average Bonchev–Trinajstić information content (AvgIpc) is 2.33. The van der Waals surface area contributed by atoms with Gasteiger partial charge >= 0.3 is 0 Å². The quantitative estimate of drug-likeness (QED) is 0.298. The van der Waals surface area contributed by atoms with E-state index in [9.17, 15) is 4.79 Å². The van der Waals surface area contributed by atoms with Gasteiger partial charge in [-0.1, -0.05) is 20.4 Å². The van der Waals surface area contributed by atoms with Gasteiger partial charge in [-0.15, -0.1) is 0 Å². The summed E-state index contributed by atoms with van der Waals surface area (Å²) in [5.41, 5.74) is 0. The van der Waals surface area contributed by atoms with Gasteiger partial charge in [0.15, 0.2) is 0 Å². The van der Waals surface area contributed by atoms with Gasteiger partial charge in [-0.05, 0) is 18.9 Å². The molecule has 0 aromatic heterocycles. The molecule has 0 aliphatic rings. The second kappa shape index (κ2) is 11.7. The lowest BCUT2D eigenvalue weighted by atomic mass is 10.2. The molecule has 0 spiro atoms. The molecule has 0 saturated carbocycles. The zero-order valence-electron chi connectivity index (χ0n) is 13.7. The SMILES string of the molecule is C=CC(=O)NCCC[N+](C)(CCC)CCC.CS(=O)(=O)[O-]. The van der Waals surface area contributed by atoms with Crippen molar-refractivity contribution in [3.05, 3.63) is 12.7 Å². The highest BCUT2D eigenvalue weighted by Crippen LogP contribution is 2.06. The van der Waals surface area contributed by atoms with Gasteiger partial charge in [0.1, 0.15) is 0 Å². The van der Waals surface area contributed by atoms with Crippen molar-refractivity contribution < 1.29 is 22.2 Å². The molecule has 0 aliphatic carbocycles. The minimum absolute atomic E-state index is 0.0693. The smallest absolute Gasteiger partial charge is 0.243 e. The van der Waals surface area contributed by atoms with Gasteiger partial charge in [0.05, 0.1) is 36.8 Å². The summed E-state index contributed by atoms with van der Waals surface area (Å²) in [4.78, 5) is 11.0. The van der Waals surface area contributed by atoms with Crippen LogP contribution < -0.4 is 5.32 Å². The van der Waals surface area contributed by atoms with Crippen molar-refractivity contribution in [3.63, 3.8) is 0 Å². The molecular formula is C14H30N2O4S. The molecule has 0 saturated heterocycles. The minimum atomic E-state index is -3.92. The van der Waals surface area contributed by atoms with E-state index in [-0.39, 0.29) is 5.91 Å². The Morgan fingerprint density at radius 1 is 1.24 bits per heavy atom. The van der Waals surface area contributed by atoms with E-state index in [1.165, 1.54) is 32.0 Å². The first-order valence-electron chi connectivity index (χ1n) is 7.22. The molecule has 1 amide bonds. The zero-order chi connectivity index (χ0) is 16.9. The maximum atomic E-state index is 11.0. The number of carbonyl (C=O) groups excluding carboxylic acids is 1. The van der Waals surface area contributed by atoms with E-state index in [0.717, 1.165) is 24.0 Å². The standard InChI is InChI=1S/C13H26N2O.CH4O3S/c1-5-10-15(4,11-6-2)12-8-9-14-13(16)7-3;1-5(2,3)4/h7H,3,5-6,8-12H2,1-2,4H3;1H3,(H,2,3,4). The third-order valence-corrected chi connectivity index (χ3v) is 2.89. The second-order valence-corrected chi connectivity index (χ2v) is 6.75. The van der Waals surface area contributed by atoms with Crippen LogP contribution >= 0.6 is 0 Å². The molecule has 21 heavy (non-hydrogen) atoms. The fraction of sp³-hybridized carbons (Fsp3) is 0.786. The number of nitrogens with zero attached hydrogens (tertiary/aromatic N) is 1. The van der Waals surface area contributed by atoms with E-state index in [0.29, 0.717) is 6.26 Å². The Morgan fingerprint density at radius 3 is 2.00 bits per heavy atom. The first kappa shape index (κ1) is 22.4. The number of amides is 1. The van der Waals surface area contributed by atoms with Crippen molar-refractivity contribution in [1.82, 2.24) is 5.32 Å². The van der Waals surface area contributed by atoms with Crippen LogP contribution in [0, 0.1) is 0 Å². The highest BCUT2D eigenvalue weighted by atomic mass is 32.2. The van der Waals surface area contributed by atoms with Gasteiger partial charge in [0, 0.05) is 19.2 Å². The number of carbonyl (C=O) groups is 1. The lowest BCUT2D eigenvalue weighted by Gasteiger charge is -2.34. The van der Waals surface area contributed by atoms with Crippen LogP contribution in [0.3, 0.4) is 0 Å². The highest BCUT2D eigenvalue weighted by molar-refractivity contribution is 7.84. The molecule has 0 bridgehead atoms. The third kappa shape index (κ3) is 19.1. The van der Waals surface area contributed by atoms with Gasteiger partial charge < -0.3 is 14.4 Å². The Hall–Kier alpha value is -0.920. The predicted octanol–water partition coefficient (Wildman–Crippen LogP) is 1.11. The van der Waals surface area contributed by atoms with Crippen LogP contribution in [0.15, 0.2) is 12.7 Å². The largest absolute Gasteiger partial charge is 0.748 e. The molecule has 1 N–H and O–H groups in total. The number of nitrogens with one attached hydrogen (secondary N) is 1. The first-order chi connectivity index (χ1) is 9.58. The van der Waals surface area contributed by atoms with Gasteiger partial charge in [-0.2, -0.15) is 0 Å². The summed E-state index contributed by atoms with van der Waals surface area (Å²) in [6, 6.07) is 0. The van der Waals surface area contributed by atoms with Crippen LogP contribution in [0.25, 0.3) is 0 Å². The molecular weight excluding hydrogens is 292 g/mol. The van der Waals surface area contributed by atoms with Gasteiger partial charge in [-0.3, -0.25) is 4.79 Å². The maximum absolute atomic E-state index is 11.0. The van der Waals surface area contributed by atoms with E-state index in [1.807, 2.05) is 0 Å². The molecule has 0 rings (SSSR count). The maximum Gasteiger partial charge on any atom is 0.243 e. The lowest BCUT2D eigenvalue weighted by molar-refractivity contribution is -0.909. The molecule has 0 fully saturated rings. The first-order valence-corrected chi connectivity index (χ1v) is 9.04. The van der Waals surface area contributed by atoms with Crippen molar-refractivity contribution >= 4 is 16.0 Å².